The van der Waals surface area contributed by atoms with E-state index in [9.17, 15) is 9.59 Å². The van der Waals surface area contributed by atoms with Crippen molar-refractivity contribution < 1.29 is 4.79 Å². The molecule has 2 aromatic carbocycles. The van der Waals surface area contributed by atoms with Crippen LogP contribution < -0.4 is 10.6 Å². The third-order valence-corrected chi connectivity index (χ3v) is 5.87. The van der Waals surface area contributed by atoms with Crippen molar-refractivity contribution in [2.24, 2.45) is 5.10 Å². The number of nitrogens with one attached hydrogen (secondary N) is 1. The summed E-state index contributed by atoms with van der Waals surface area (Å²) in [6.45, 7) is 3.58. The molecule has 29 heavy (non-hydrogen) atoms. The Kier molecular flexibility index (Phi) is 5.30. The van der Waals surface area contributed by atoms with Gasteiger partial charge in [-0.2, -0.15) is 10.1 Å². The normalized spacial score (nSPS) is 15.3. The first-order chi connectivity index (χ1) is 13.8. The van der Waals surface area contributed by atoms with Crippen LogP contribution in [0, 0.1) is 10.5 Å². The number of carbonyl (C=O) groups is 1. The van der Waals surface area contributed by atoms with Crippen molar-refractivity contribution >= 4 is 61.9 Å². The fourth-order valence-electron chi connectivity index (χ4n) is 3.09. The highest BCUT2D eigenvalue weighted by Crippen LogP contribution is 2.25. The lowest BCUT2D eigenvalue weighted by Gasteiger charge is -2.11. The molecule has 6 nitrogen and oxygen atoms in total. The van der Waals surface area contributed by atoms with Gasteiger partial charge in [-0.25, -0.2) is 4.68 Å². The molecule has 0 aliphatic carbocycles. The first-order valence-corrected chi connectivity index (χ1v) is 10.7. The lowest BCUT2D eigenvalue weighted by Crippen LogP contribution is -2.22. The SMILES string of the molecule is CC1=NN(c2ccc(I)cc2)C(=O)/C1=C/c1c(C)[nH]n(-c2ccc(Br)cc2)c1=O. The summed E-state index contributed by atoms with van der Waals surface area (Å²) in [5.74, 6) is -0.251. The topological polar surface area (TPSA) is 70.5 Å². The van der Waals surface area contributed by atoms with E-state index in [1.54, 1.807) is 13.0 Å². The summed E-state index contributed by atoms with van der Waals surface area (Å²) < 4.78 is 3.47. The molecule has 0 fully saturated rings. The van der Waals surface area contributed by atoms with Crippen molar-refractivity contribution in [2.45, 2.75) is 13.8 Å². The number of benzene rings is 2. The van der Waals surface area contributed by atoms with Crippen molar-refractivity contribution in [3.8, 4) is 5.69 Å². The van der Waals surface area contributed by atoms with Crippen molar-refractivity contribution in [3.63, 3.8) is 0 Å². The minimum Gasteiger partial charge on any atom is -0.295 e. The smallest absolute Gasteiger partial charge is 0.280 e. The molecule has 0 bridgehead atoms. The van der Waals surface area contributed by atoms with E-state index in [-0.39, 0.29) is 11.5 Å². The first kappa shape index (κ1) is 19.8. The number of aromatic amines is 1. The van der Waals surface area contributed by atoms with Crippen LogP contribution in [0.3, 0.4) is 0 Å². The van der Waals surface area contributed by atoms with Crippen LogP contribution in [0.1, 0.15) is 18.2 Å². The molecule has 3 aromatic rings. The van der Waals surface area contributed by atoms with E-state index in [4.69, 9.17) is 0 Å². The molecule has 1 amide bonds. The first-order valence-electron chi connectivity index (χ1n) is 8.80. The maximum Gasteiger partial charge on any atom is 0.280 e. The zero-order chi connectivity index (χ0) is 20.7. The number of H-pyrrole nitrogens is 1. The van der Waals surface area contributed by atoms with Crippen molar-refractivity contribution in [1.82, 2.24) is 9.78 Å². The number of aryl methyl sites for hydroxylation is 1. The molecule has 0 spiro atoms. The highest BCUT2D eigenvalue weighted by Gasteiger charge is 2.29. The van der Waals surface area contributed by atoms with Gasteiger partial charge in [-0.3, -0.25) is 14.7 Å². The van der Waals surface area contributed by atoms with Gasteiger partial charge in [0.2, 0.25) is 0 Å². The minimum atomic E-state index is -0.251. The van der Waals surface area contributed by atoms with E-state index in [0.717, 1.165) is 13.7 Å². The molecular weight excluding hydrogens is 547 g/mol. The molecule has 1 aliphatic heterocycles. The van der Waals surface area contributed by atoms with Crippen LogP contribution in [0.5, 0.6) is 0 Å². The monoisotopic (exact) mass is 562 g/mol. The van der Waals surface area contributed by atoms with E-state index in [0.29, 0.717) is 28.2 Å². The summed E-state index contributed by atoms with van der Waals surface area (Å²) in [6.07, 6.45) is 1.62. The second-order valence-corrected chi connectivity index (χ2v) is 8.77. The number of aromatic nitrogens is 2. The Bertz CT molecular complexity index is 1220. The van der Waals surface area contributed by atoms with Crippen LogP contribution in [0.25, 0.3) is 11.8 Å². The molecule has 146 valence electrons. The number of nitrogens with zero attached hydrogens (tertiary/aromatic N) is 3. The van der Waals surface area contributed by atoms with Gasteiger partial charge in [0.15, 0.2) is 0 Å². The summed E-state index contributed by atoms with van der Waals surface area (Å²) in [5.41, 5.74) is 3.29. The summed E-state index contributed by atoms with van der Waals surface area (Å²) in [7, 11) is 0. The number of anilines is 1. The number of hydrogen-bond acceptors (Lipinski definition) is 3. The number of rotatable bonds is 3. The third-order valence-electron chi connectivity index (χ3n) is 4.62. The summed E-state index contributed by atoms with van der Waals surface area (Å²) in [5, 5.41) is 8.83. The van der Waals surface area contributed by atoms with Gasteiger partial charge in [-0.15, -0.1) is 0 Å². The Morgan fingerprint density at radius 3 is 2.28 bits per heavy atom. The molecule has 0 saturated carbocycles. The van der Waals surface area contributed by atoms with Crippen molar-refractivity contribution in [2.75, 3.05) is 5.01 Å². The molecule has 1 aromatic heterocycles. The molecule has 2 heterocycles. The number of halogens is 2. The quantitative estimate of drug-likeness (QED) is 0.373. The minimum absolute atomic E-state index is 0.217. The number of amides is 1. The van der Waals surface area contributed by atoms with Gasteiger partial charge < -0.3 is 0 Å². The number of hydrazone groups is 1. The Balaban J connectivity index is 1.72. The standard InChI is InChI=1S/C21H16BrIN4O2/c1-12-18(20(28)26(24-12)16-7-3-14(22)4-8-16)11-19-13(2)25-27(21(19)29)17-9-5-15(23)6-10-17/h3-11,24H,1-2H3/b19-11+. The van der Waals surface area contributed by atoms with Gasteiger partial charge in [0.05, 0.1) is 28.2 Å². The van der Waals surface area contributed by atoms with Crippen LogP contribution in [-0.4, -0.2) is 21.4 Å². The van der Waals surface area contributed by atoms with Gasteiger partial charge in [0.25, 0.3) is 11.5 Å². The van der Waals surface area contributed by atoms with Crippen LogP contribution >= 0.6 is 38.5 Å². The zero-order valence-electron chi connectivity index (χ0n) is 15.6. The zero-order valence-corrected chi connectivity index (χ0v) is 19.4. The lowest BCUT2D eigenvalue weighted by molar-refractivity contribution is -0.114. The number of hydrogen-bond donors (Lipinski definition) is 1. The lowest BCUT2D eigenvalue weighted by atomic mass is 10.1. The van der Waals surface area contributed by atoms with Gasteiger partial charge in [-0.05, 0) is 91.0 Å². The molecule has 0 saturated heterocycles. The van der Waals surface area contributed by atoms with Gasteiger partial charge in [0.1, 0.15) is 0 Å². The van der Waals surface area contributed by atoms with Crippen LogP contribution in [0.4, 0.5) is 5.69 Å². The molecular formula is C21H16BrIN4O2. The Labute approximate surface area is 189 Å². The summed E-state index contributed by atoms with van der Waals surface area (Å²) in [6, 6.07) is 14.9. The number of carbonyl (C=O) groups excluding carboxylic acids is 1. The van der Waals surface area contributed by atoms with E-state index in [2.05, 4.69) is 48.7 Å². The van der Waals surface area contributed by atoms with E-state index in [1.165, 1.54) is 9.69 Å². The second-order valence-electron chi connectivity index (χ2n) is 6.60. The molecule has 0 radical (unpaired) electrons. The molecule has 1 N–H and O–H groups in total. The fourth-order valence-corrected chi connectivity index (χ4v) is 3.71. The Hall–Kier alpha value is -2.46. The summed E-state index contributed by atoms with van der Waals surface area (Å²) in [4.78, 5) is 25.9. The molecule has 4 rings (SSSR count). The van der Waals surface area contributed by atoms with Crippen LogP contribution in [0.2, 0.25) is 0 Å². The van der Waals surface area contributed by atoms with Gasteiger partial charge in [-0.1, -0.05) is 15.9 Å². The maximum absolute atomic E-state index is 13.0. The van der Waals surface area contributed by atoms with Crippen molar-refractivity contribution in [1.29, 1.82) is 0 Å². The van der Waals surface area contributed by atoms with E-state index < -0.39 is 0 Å². The molecule has 1 aliphatic rings. The Morgan fingerprint density at radius 2 is 1.62 bits per heavy atom. The van der Waals surface area contributed by atoms with Gasteiger partial charge in [0, 0.05) is 13.7 Å². The second kappa shape index (κ2) is 7.75. The maximum atomic E-state index is 13.0. The highest BCUT2D eigenvalue weighted by molar-refractivity contribution is 14.1. The van der Waals surface area contributed by atoms with E-state index in [1.807, 2.05) is 55.5 Å². The average molecular weight is 563 g/mol. The average Bonchev–Trinajstić information content (AvgIpc) is 3.14. The Morgan fingerprint density at radius 1 is 1.00 bits per heavy atom. The largest absolute Gasteiger partial charge is 0.295 e. The predicted octanol–water partition coefficient (Wildman–Crippen LogP) is 4.65. The predicted molar refractivity (Wildman–Crippen MR) is 127 cm³/mol. The molecule has 0 unspecified atom stereocenters. The third kappa shape index (κ3) is 3.74. The van der Waals surface area contributed by atoms with Crippen molar-refractivity contribution in [3.05, 3.63) is 83.8 Å². The summed E-state index contributed by atoms with van der Waals surface area (Å²) >= 11 is 5.60. The molecule has 0 atom stereocenters. The van der Waals surface area contributed by atoms with Crippen LogP contribution in [0.15, 0.2) is 68.5 Å². The van der Waals surface area contributed by atoms with E-state index >= 15 is 0 Å². The van der Waals surface area contributed by atoms with Gasteiger partial charge >= 0.3 is 0 Å². The highest BCUT2D eigenvalue weighted by atomic mass is 127. The molecule has 8 heteroatoms. The fraction of sp³-hybridized carbons (Fsp3) is 0.0952. The van der Waals surface area contributed by atoms with Crippen LogP contribution in [-0.2, 0) is 4.79 Å².